The van der Waals surface area contributed by atoms with Crippen molar-refractivity contribution in [3.63, 3.8) is 0 Å². The standard InChI is InChI=1S/C34H33ClN4OS/c1-21-9-13-24(14-10-21)40-25-15-11-23(12-16-25)39-32(31(37-33(39)41)29-8-6-7-17-36-29)27-18-26-22(2)20-34(3,4)38(5)30(26)19-28(27)35/h6-20,31-32H,1-5H3,(H,37,41)/t31-,32+/m0/s1. The summed E-state index contributed by atoms with van der Waals surface area (Å²) in [7, 11) is 2.12. The van der Waals surface area contributed by atoms with Gasteiger partial charge in [-0.2, -0.15) is 0 Å². The van der Waals surface area contributed by atoms with Crippen LogP contribution in [0.2, 0.25) is 5.02 Å². The zero-order chi connectivity index (χ0) is 28.9. The molecule has 5 nitrogen and oxygen atoms in total. The topological polar surface area (TPSA) is 40.6 Å². The fourth-order valence-corrected chi connectivity index (χ4v) is 6.40. The van der Waals surface area contributed by atoms with Crippen molar-refractivity contribution in [2.45, 2.75) is 45.3 Å². The van der Waals surface area contributed by atoms with Crippen LogP contribution < -0.4 is 19.9 Å². The van der Waals surface area contributed by atoms with E-state index in [1.807, 2.05) is 72.9 Å². The summed E-state index contributed by atoms with van der Waals surface area (Å²) < 4.78 is 6.09. The molecular weight excluding hydrogens is 548 g/mol. The smallest absolute Gasteiger partial charge is 0.174 e. The Morgan fingerprint density at radius 2 is 1.63 bits per heavy atom. The van der Waals surface area contributed by atoms with Gasteiger partial charge in [0, 0.05) is 35.2 Å². The fourth-order valence-electron chi connectivity index (χ4n) is 5.78. The summed E-state index contributed by atoms with van der Waals surface area (Å²) in [6, 6.07) is 25.9. The van der Waals surface area contributed by atoms with Crippen molar-refractivity contribution in [1.29, 1.82) is 0 Å². The third-order valence-electron chi connectivity index (χ3n) is 8.12. The number of aromatic nitrogens is 1. The Hall–Kier alpha value is -3.87. The van der Waals surface area contributed by atoms with E-state index < -0.39 is 0 Å². The van der Waals surface area contributed by atoms with Gasteiger partial charge in [-0.05, 0) is 112 Å². The molecule has 41 heavy (non-hydrogen) atoms. The maximum Gasteiger partial charge on any atom is 0.174 e. The second-order valence-electron chi connectivity index (χ2n) is 11.3. The van der Waals surface area contributed by atoms with Crippen molar-refractivity contribution in [2.24, 2.45) is 0 Å². The number of pyridine rings is 1. The summed E-state index contributed by atoms with van der Waals surface area (Å²) in [5, 5.41) is 4.87. The van der Waals surface area contributed by atoms with Crippen molar-refractivity contribution in [3.05, 3.63) is 119 Å². The van der Waals surface area contributed by atoms with E-state index in [1.54, 1.807) is 0 Å². The highest BCUT2D eigenvalue weighted by Crippen LogP contribution is 2.48. The van der Waals surface area contributed by atoms with Gasteiger partial charge in [0.2, 0.25) is 0 Å². The van der Waals surface area contributed by atoms with Gasteiger partial charge in [0.25, 0.3) is 0 Å². The van der Waals surface area contributed by atoms with Gasteiger partial charge in [-0.1, -0.05) is 41.4 Å². The number of hydrogen-bond acceptors (Lipinski definition) is 4. The molecule has 3 aromatic carbocycles. The van der Waals surface area contributed by atoms with Crippen LogP contribution in [0, 0.1) is 6.92 Å². The monoisotopic (exact) mass is 580 g/mol. The van der Waals surface area contributed by atoms with E-state index in [9.17, 15) is 0 Å². The van der Waals surface area contributed by atoms with Crippen LogP contribution in [0.5, 0.6) is 11.5 Å². The molecule has 208 valence electrons. The Balaban J connectivity index is 1.42. The van der Waals surface area contributed by atoms with E-state index in [1.165, 1.54) is 16.7 Å². The van der Waals surface area contributed by atoms with Crippen LogP contribution in [-0.2, 0) is 0 Å². The first-order valence-electron chi connectivity index (χ1n) is 13.7. The van der Waals surface area contributed by atoms with E-state index in [0.717, 1.165) is 34.1 Å². The average molecular weight is 581 g/mol. The molecule has 1 aromatic heterocycles. The van der Waals surface area contributed by atoms with Crippen LogP contribution in [0.15, 0.2) is 91.1 Å². The summed E-state index contributed by atoms with van der Waals surface area (Å²) in [4.78, 5) is 9.13. The van der Waals surface area contributed by atoms with Crippen molar-refractivity contribution in [2.75, 3.05) is 16.8 Å². The van der Waals surface area contributed by atoms with Crippen molar-refractivity contribution in [1.82, 2.24) is 10.3 Å². The quantitative estimate of drug-likeness (QED) is 0.238. The first-order valence-corrected chi connectivity index (χ1v) is 14.5. The van der Waals surface area contributed by atoms with E-state index in [-0.39, 0.29) is 17.6 Å². The number of anilines is 2. The zero-order valence-corrected chi connectivity index (χ0v) is 25.4. The lowest BCUT2D eigenvalue weighted by atomic mass is 9.86. The molecule has 3 heterocycles. The van der Waals surface area contributed by atoms with Gasteiger partial charge >= 0.3 is 0 Å². The molecule has 1 fully saturated rings. The second kappa shape index (κ2) is 10.5. The Morgan fingerprint density at radius 3 is 2.29 bits per heavy atom. The Kier molecular flexibility index (Phi) is 7.00. The maximum atomic E-state index is 7.14. The predicted molar refractivity (Wildman–Crippen MR) is 173 cm³/mol. The summed E-state index contributed by atoms with van der Waals surface area (Å²) in [6.45, 7) is 8.66. The molecule has 0 bridgehead atoms. The van der Waals surface area contributed by atoms with Crippen molar-refractivity contribution < 1.29 is 4.74 Å². The molecule has 7 heteroatoms. The molecule has 2 aliphatic heterocycles. The molecule has 0 unspecified atom stereocenters. The summed E-state index contributed by atoms with van der Waals surface area (Å²) in [5.74, 6) is 1.55. The molecule has 4 aromatic rings. The molecule has 6 rings (SSSR count). The minimum absolute atomic E-state index is 0.108. The van der Waals surface area contributed by atoms with Crippen LogP contribution in [-0.4, -0.2) is 22.7 Å². The van der Waals surface area contributed by atoms with Crippen LogP contribution in [0.25, 0.3) is 5.57 Å². The molecule has 0 aliphatic carbocycles. The van der Waals surface area contributed by atoms with Gasteiger partial charge in [-0.15, -0.1) is 0 Å². The molecule has 2 atom stereocenters. The number of thiocarbonyl (C=S) groups is 1. The number of nitrogens with one attached hydrogen (secondary N) is 1. The van der Waals surface area contributed by atoms with Gasteiger partial charge in [0.15, 0.2) is 5.11 Å². The number of fused-ring (bicyclic) bond motifs is 1. The van der Waals surface area contributed by atoms with Gasteiger partial charge in [-0.3, -0.25) is 4.98 Å². The van der Waals surface area contributed by atoms with Gasteiger partial charge in [0.05, 0.1) is 23.3 Å². The highest BCUT2D eigenvalue weighted by atomic mass is 35.5. The van der Waals surface area contributed by atoms with Crippen molar-refractivity contribution >= 4 is 45.9 Å². The molecule has 1 saturated heterocycles. The number of ether oxygens (including phenoxy) is 1. The van der Waals surface area contributed by atoms with E-state index >= 15 is 0 Å². The number of rotatable bonds is 5. The SMILES string of the molecule is CC1=CC(C)(C)N(C)c2cc(Cl)c([C@@H]3[C@H](c4ccccn4)NC(=S)N3c3ccc(Oc4ccc(C)cc4)cc3)cc21. The first-order chi connectivity index (χ1) is 19.6. The van der Waals surface area contributed by atoms with Crippen molar-refractivity contribution in [3.8, 4) is 11.5 Å². The summed E-state index contributed by atoms with van der Waals surface area (Å²) in [6.07, 6.45) is 4.13. The number of aryl methyl sites for hydroxylation is 1. The van der Waals surface area contributed by atoms with Gasteiger partial charge < -0.3 is 19.9 Å². The molecule has 2 aliphatic rings. The van der Waals surface area contributed by atoms with Crippen LogP contribution >= 0.6 is 23.8 Å². The lowest BCUT2D eigenvalue weighted by Crippen LogP contribution is -2.42. The van der Waals surface area contributed by atoms with Crippen LogP contribution in [0.4, 0.5) is 11.4 Å². The highest BCUT2D eigenvalue weighted by Gasteiger charge is 2.42. The minimum Gasteiger partial charge on any atom is -0.457 e. The highest BCUT2D eigenvalue weighted by molar-refractivity contribution is 7.80. The molecule has 0 saturated carbocycles. The Labute approximate surface area is 252 Å². The maximum absolute atomic E-state index is 7.14. The first kappa shape index (κ1) is 27.3. The second-order valence-corrected chi connectivity index (χ2v) is 12.1. The average Bonchev–Trinajstić information content (AvgIpc) is 3.30. The lowest BCUT2D eigenvalue weighted by Gasteiger charge is -2.41. The number of nitrogens with zero attached hydrogens (tertiary/aromatic N) is 3. The number of allylic oxidation sites excluding steroid dienone is 1. The largest absolute Gasteiger partial charge is 0.457 e. The van der Waals surface area contributed by atoms with E-state index in [0.29, 0.717) is 10.1 Å². The molecular formula is C34H33ClN4OS. The number of likely N-dealkylation sites (N-methyl/N-ethyl adjacent to an activating group) is 1. The predicted octanol–water partition coefficient (Wildman–Crippen LogP) is 8.64. The van der Waals surface area contributed by atoms with E-state index in [4.69, 9.17) is 33.5 Å². The van der Waals surface area contributed by atoms with Gasteiger partial charge in [0.1, 0.15) is 11.5 Å². The molecule has 0 spiro atoms. The third kappa shape index (κ3) is 5.07. The summed E-state index contributed by atoms with van der Waals surface area (Å²) >= 11 is 13.1. The fraction of sp³-hybridized carbons (Fsp3) is 0.235. The Bertz CT molecular complexity index is 1630. The zero-order valence-electron chi connectivity index (χ0n) is 23.9. The lowest BCUT2D eigenvalue weighted by molar-refractivity contribution is 0.482. The normalized spacial score (nSPS) is 19.5. The molecule has 1 N–H and O–H groups in total. The van der Waals surface area contributed by atoms with Gasteiger partial charge in [-0.25, -0.2) is 0 Å². The van der Waals surface area contributed by atoms with E-state index in [2.05, 4.69) is 68.1 Å². The number of hydrogen-bond donors (Lipinski definition) is 1. The third-order valence-corrected chi connectivity index (χ3v) is 8.77. The Morgan fingerprint density at radius 1 is 0.951 bits per heavy atom. The number of benzene rings is 3. The summed E-state index contributed by atoms with van der Waals surface area (Å²) in [5.41, 5.74) is 7.45. The number of halogens is 1. The van der Waals surface area contributed by atoms with Crippen LogP contribution in [0.3, 0.4) is 0 Å². The molecule has 0 radical (unpaired) electrons. The minimum atomic E-state index is -0.216. The molecule has 0 amide bonds. The van der Waals surface area contributed by atoms with Crippen LogP contribution in [0.1, 0.15) is 55.2 Å².